The van der Waals surface area contributed by atoms with E-state index in [9.17, 15) is 9.59 Å². The van der Waals surface area contributed by atoms with Crippen LogP contribution in [0.25, 0.3) is 0 Å². The number of hydrogen-bond acceptors (Lipinski definition) is 4. The Morgan fingerprint density at radius 2 is 2.14 bits per heavy atom. The van der Waals surface area contributed by atoms with Crippen LogP contribution >= 0.6 is 11.3 Å². The number of amides is 2. The van der Waals surface area contributed by atoms with E-state index in [2.05, 4.69) is 12.2 Å². The van der Waals surface area contributed by atoms with Crippen LogP contribution in [0.15, 0.2) is 17.5 Å². The fourth-order valence-corrected chi connectivity index (χ4v) is 3.54. The number of rotatable bonds is 5. The number of urea groups is 1. The summed E-state index contributed by atoms with van der Waals surface area (Å²) in [5, 5.41) is 5.11. The summed E-state index contributed by atoms with van der Waals surface area (Å²) in [6, 6.07) is 4.07. The largest absolute Gasteiger partial charge is 0.466 e. The van der Waals surface area contributed by atoms with Gasteiger partial charge >= 0.3 is 12.0 Å². The van der Waals surface area contributed by atoms with Crippen LogP contribution < -0.4 is 5.32 Å². The predicted octanol–water partition coefficient (Wildman–Crippen LogP) is 3.18. The summed E-state index contributed by atoms with van der Waals surface area (Å²) in [7, 11) is 0. The van der Waals surface area contributed by atoms with Gasteiger partial charge in [-0.1, -0.05) is 13.0 Å². The van der Waals surface area contributed by atoms with Crippen molar-refractivity contribution in [3.8, 4) is 0 Å². The standard InChI is InChI=1S/C16H24N2O3S/c1-3-13(14-6-5-11-22-14)17-16(20)18-9-7-12(8-10-18)15(19)21-4-2/h5-6,11-13H,3-4,7-10H2,1-2H3,(H,17,20). The number of nitrogens with one attached hydrogen (secondary N) is 1. The van der Waals surface area contributed by atoms with Crippen LogP contribution in [0.2, 0.25) is 0 Å². The number of carbonyl (C=O) groups excluding carboxylic acids is 2. The smallest absolute Gasteiger partial charge is 0.317 e. The van der Waals surface area contributed by atoms with Gasteiger partial charge in [0.2, 0.25) is 0 Å². The average molecular weight is 324 g/mol. The van der Waals surface area contributed by atoms with Crippen molar-refractivity contribution < 1.29 is 14.3 Å². The molecule has 0 aromatic carbocycles. The zero-order chi connectivity index (χ0) is 15.9. The monoisotopic (exact) mass is 324 g/mol. The molecule has 0 saturated carbocycles. The Hall–Kier alpha value is -1.56. The molecule has 6 heteroatoms. The second-order valence-corrected chi connectivity index (χ2v) is 6.42. The fourth-order valence-electron chi connectivity index (χ4n) is 2.68. The molecule has 0 spiro atoms. The molecule has 22 heavy (non-hydrogen) atoms. The van der Waals surface area contributed by atoms with E-state index >= 15 is 0 Å². The fraction of sp³-hybridized carbons (Fsp3) is 0.625. The van der Waals surface area contributed by atoms with Crippen molar-refractivity contribution in [3.05, 3.63) is 22.4 Å². The molecule has 0 radical (unpaired) electrons. The van der Waals surface area contributed by atoms with Gasteiger partial charge in [-0.3, -0.25) is 4.79 Å². The molecule has 0 bridgehead atoms. The minimum atomic E-state index is -0.132. The van der Waals surface area contributed by atoms with E-state index in [1.54, 1.807) is 16.2 Å². The molecule has 1 saturated heterocycles. The molecule has 1 atom stereocenters. The van der Waals surface area contributed by atoms with Gasteiger partial charge < -0.3 is 15.0 Å². The number of thiophene rings is 1. The van der Waals surface area contributed by atoms with Gasteiger partial charge in [-0.25, -0.2) is 4.79 Å². The minimum absolute atomic E-state index is 0.0393. The maximum atomic E-state index is 12.4. The van der Waals surface area contributed by atoms with E-state index in [1.165, 1.54) is 4.88 Å². The molecule has 122 valence electrons. The zero-order valence-corrected chi connectivity index (χ0v) is 14.0. The Labute approximate surface area is 135 Å². The molecular weight excluding hydrogens is 300 g/mol. The molecule has 1 unspecified atom stereocenters. The summed E-state index contributed by atoms with van der Waals surface area (Å²) < 4.78 is 5.05. The Morgan fingerprint density at radius 1 is 1.41 bits per heavy atom. The van der Waals surface area contributed by atoms with Gasteiger partial charge in [-0.2, -0.15) is 0 Å². The third-order valence-electron chi connectivity index (χ3n) is 3.99. The first-order valence-corrected chi connectivity index (χ1v) is 8.79. The number of nitrogens with zero attached hydrogens (tertiary/aromatic N) is 1. The molecule has 1 aromatic rings. The molecule has 1 aromatic heterocycles. The minimum Gasteiger partial charge on any atom is -0.466 e. The van der Waals surface area contributed by atoms with Crippen molar-refractivity contribution in [2.24, 2.45) is 5.92 Å². The maximum absolute atomic E-state index is 12.4. The number of esters is 1. The number of ether oxygens (including phenoxy) is 1. The highest BCUT2D eigenvalue weighted by Gasteiger charge is 2.29. The number of likely N-dealkylation sites (tertiary alicyclic amines) is 1. The SMILES string of the molecule is CCOC(=O)C1CCN(C(=O)NC(CC)c2cccs2)CC1. The van der Waals surface area contributed by atoms with Crippen molar-refractivity contribution >= 4 is 23.3 Å². The van der Waals surface area contributed by atoms with E-state index in [0.29, 0.717) is 32.5 Å². The van der Waals surface area contributed by atoms with Crippen LogP contribution in [0.1, 0.15) is 44.0 Å². The Kier molecular flexibility index (Phi) is 6.24. The first-order valence-electron chi connectivity index (χ1n) is 7.91. The predicted molar refractivity (Wildman–Crippen MR) is 86.8 cm³/mol. The van der Waals surface area contributed by atoms with Crippen LogP contribution in [0.3, 0.4) is 0 Å². The molecule has 5 nitrogen and oxygen atoms in total. The van der Waals surface area contributed by atoms with Gasteiger partial charge in [-0.15, -0.1) is 11.3 Å². The van der Waals surface area contributed by atoms with Crippen molar-refractivity contribution in [1.29, 1.82) is 0 Å². The lowest BCUT2D eigenvalue weighted by atomic mass is 9.97. The molecule has 2 rings (SSSR count). The lowest BCUT2D eigenvalue weighted by Crippen LogP contribution is -2.46. The highest BCUT2D eigenvalue weighted by molar-refractivity contribution is 7.10. The van der Waals surface area contributed by atoms with Gasteiger partial charge in [0.1, 0.15) is 0 Å². The molecule has 1 aliphatic heterocycles. The summed E-state index contributed by atoms with van der Waals surface area (Å²) in [5.74, 6) is -0.198. The number of carbonyl (C=O) groups is 2. The summed E-state index contributed by atoms with van der Waals surface area (Å²) in [4.78, 5) is 27.1. The topological polar surface area (TPSA) is 58.6 Å². The second-order valence-electron chi connectivity index (χ2n) is 5.44. The first kappa shape index (κ1) is 16.8. The van der Waals surface area contributed by atoms with Crippen LogP contribution in [-0.2, 0) is 9.53 Å². The van der Waals surface area contributed by atoms with Crippen molar-refractivity contribution in [2.45, 2.75) is 39.2 Å². The molecule has 2 heterocycles. The van der Waals surface area contributed by atoms with Crippen molar-refractivity contribution in [2.75, 3.05) is 19.7 Å². The van der Waals surface area contributed by atoms with Crippen LogP contribution in [0.5, 0.6) is 0 Å². The highest BCUT2D eigenvalue weighted by Crippen LogP contribution is 2.23. The summed E-state index contributed by atoms with van der Waals surface area (Å²) in [6.07, 6.45) is 2.23. The van der Waals surface area contributed by atoms with Gasteiger partial charge in [0.15, 0.2) is 0 Å². The quantitative estimate of drug-likeness (QED) is 0.846. The van der Waals surface area contributed by atoms with Crippen LogP contribution in [0.4, 0.5) is 4.79 Å². The molecule has 1 N–H and O–H groups in total. The molecular formula is C16H24N2O3S. The Morgan fingerprint density at radius 3 is 2.68 bits per heavy atom. The van der Waals surface area contributed by atoms with Crippen LogP contribution in [-0.4, -0.2) is 36.6 Å². The van der Waals surface area contributed by atoms with E-state index in [0.717, 1.165) is 6.42 Å². The van der Waals surface area contributed by atoms with E-state index in [4.69, 9.17) is 4.74 Å². The maximum Gasteiger partial charge on any atom is 0.317 e. The highest BCUT2D eigenvalue weighted by atomic mass is 32.1. The van der Waals surface area contributed by atoms with Crippen molar-refractivity contribution in [3.63, 3.8) is 0 Å². The van der Waals surface area contributed by atoms with Gasteiger partial charge in [0.05, 0.1) is 18.6 Å². The summed E-state index contributed by atoms with van der Waals surface area (Å²) >= 11 is 1.66. The Balaban J connectivity index is 1.83. The lowest BCUT2D eigenvalue weighted by molar-refractivity contribution is -0.149. The molecule has 0 aliphatic carbocycles. The van der Waals surface area contributed by atoms with Gasteiger partial charge in [0.25, 0.3) is 0 Å². The molecule has 1 aliphatic rings. The normalized spacial score (nSPS) is 17.1. The van der Waals surface area contributed by atoms with E-state index < -0.39 is 0 Å². The van der Waals surface area contributed by atoms with Crippen molar-refractivity contribution in [1.82, 2.24) is 10.2 Å². The number of hydrogen-bond donors (Lipinski definition) is 1. The summed E-state index contributed by atoms with van der Waals surface area (Å²) in [5.41, 5.74) is 0. The van der Waals surface area contributed by atoms with E-state index in [-0.39, 0.29) is 24.0 Å². The first-order chi connectivity index (χ1) is 10.7. The zero-order valence-electron chi connectivity index (χ0n) is 13.2. The summed E-state index contributed by atoms with van der Waals surface area (Å²) in [6.45, 7) is 5.51. The molecule has 1 fully saturated rings. The van der Waals surface area contributed by atoms with E-state index in [1.807, 2.05) is 24.4 Å². The average Bonchev–Trinajstić information content (AvgIpc) is 3.07. The third kappa shape index (κ3) is 4.22. The van der Waals surface area contributed by atoms with Crippen LogP contribution in [0, 0.1) is 5.92 Å². The number of piperidine rings is 1. The van der Waals surface area contributed by atoms with Gasteiger partial charge in [-0.05, 0) is 37.6 Å². The van der Waals surface area contributed by atoms with Gasteiger partial charge in [0, 0.05) is 18.0 Å². The second kappa shape index (κ2) is 8.17. The Bertz CT molecular complexity index is 482. The molecule has 2 amide bonds. The lowest BCUT2D eigenvalue weighted by Gasteiger charge is -2.32. The third-order valence-corrected chi connectivity index (χ3v) is 4.98.